The summed E-state index contributed by atoms with van der Waals surface area (Å²) in [5.41, 5.74) is 1.88. The lowest BCUT2D eigenvalue weighted by molar-refractivity contribution is -0.141. The molecule has 1 aromatic carbocycles. The topological polar surface area (TPSA) is 43.4 Å². The summed E-state index contributed by atoms with van der Waals surface area (Å²) in [4.78, 5) is 23.6. The maximum Gasteiger partial charge on any atom is 0.306 e. The molecule has 1 aliphatic carbocycles. The fourth-order valence-corrected chi connectivity index (χ4v) is 2.35. The molecule has 0 fully saturated rings. The fraction of sp³-hybridized carbons (Fsp3) is 0.429. The third-order valence-electron chi connectivity index (χ3n) is 3.29. The standard InChI is InChI=1S/C14H16O3/c1-17-13(15)9-11-7-4-6-10-5-2-3-8-12(10)14(11)16/h2-3,5,8,11H,4,6-7,9H2,1H3. The van der Waals surface area contributed by atoms with Gasteiger partial charge in [0.15, 0.2) is 5.78 Å². The number of esters is 1. The van der Waals surface area contributed by atoms with Gasteiger partial charge in [0.2, 0.25) is 0 Å². The second-order valence-corrected chi connectivity index (χ2v) is 4.39. The molecule has 2 rings (SSSR count). The largest absolute Gasteiger partial charge is 0.469 e. The lowest BCUT2D eigenvalue weighted by Gasteiger charge is -2.11. The van der Waals surface area contributed by atoms with Crippen LogP contribution in [0.3, 0.4) is 0 Å². The Hall–Kier alpha value is -1.64. The monoisotopic (exact) mass is 232 g/mol. The van der Waals surface area contributed by atoms with Crippen molar-refractivity contribution in [1.29, 1.82) is 0 Å². The van der Waals surface area contributed by atoms with Crippen LogP contribution in [0, 0.1) is 5.92 Å². The van der Waals surface area contributed by atoms with Crippen molar-refractivity contribution >= 4 is 11.8 Å². The maximum absolute atomic E-state index is 12.3. The number of fused-ring (bicyclic) bond motifs is 1. The molecule has 0 heterocycles. The number of hydrogen-bond acceptors (Lipinski definition) is 3. The molecule has 0 amide bonds. The summed E-state index contributed by atoms with van der Waals surface area (Å²) in [5.74, 6) is -0.433. The van der Waals surface area contributed by atoms with Gasteiger partial charge in [0, 0.05) is 11.5 Å². The molecular formula is C14H16O3. The quantitative estimate of drug-likeness (QED) is 0.581. The van der Waals surface area contributed by atoms with Crippen molar-refractivity contribution in [1.82, 2.24) is 0 Å². The van der Waals surface area contributed by atoms with Gasteiger partial charge in [-0.2, -0.15) is 0 Å². The van der Waals surface area contributed by atoms with Gasteiger partial charge in [-0.15, -0.1) is 0 Å². The Morgan fingerprint density at radius 3 is 2.94 bits per heavy atom. The Balaban J connectivity index is 2.23. The van der Waals surface area contributed by atoms with Gasteiger partial charge in [-0.25, -0.2) is 0 Å². The van der Waals surface area contributed by atoms with Crippen LogP contribution in [0.4, 0.5) is 0 Å². The number of hydrogen-bond donors (Lipinski definition) is 0. The molecule has 0 spiro atoms. The number of rotatable bonds is 2. The number of methoxy groups -OCH3 is 1. The van der Waals surface area contributed by atoms with E-state index in [9.17, 15) is 9.59 Å². The molecule has 3 heteroatoms. The van der Waals surface area contributed by atoms with E-state index in [1.54, 1.807) is 0 Å². The normalized spacial score (nSPS) is 19.4. The summed E-state index contributed by atoms with van der Waals surface area (Å²) in [7, 11) is 1.36. The first kappa shape index (κ1) is 11.8. The Bertz CT molecular complexity index is 437. The molecule has 0 aromatic heterocycles. The summed E-state index contributed by atoms with van der Waals surface area (Å²) >= 11 is 0. The molecule has 3 nitrogen and oxygen atoms in total. The van der Waals surface area contributed by atoms with Crippen molar-refractivity contribution in [2.24, 2.45) is 5.92 Å². The Morgan fingerprint density at radius 1 is 1.41 bits per heavy atom. The molecule has 1 unspecified atom stereocenters. The van der Waals surface area contributed by atoms with Crippen LogP contribution in [0.5, 0.6) is 0 Å². The average Bonchev–Trinajstić information content (AvgIpc) is 2.51. The van der Waals surface area contributed by atoms with Gasteiger partial charge in [0.1, 0.15) is 0 Å². The van der Waals surface area contributed by atoms with Crippen molar-refractivity contribution in [3.8, 4) is 0 Å². The van der Waals surface area contributed by atoms with E-state index < -0.39 is 0 Å². The number of ketones is 1. The van der Waals surface area contributed by atoms with Gasteiger partial charge < -0.3 is 4.74 Å². The SMILES string of the molecule is COC(=O)CC1CCCc2ccccc2C1=O. The van der Waals surface area contributed by atoms with E-state index in [1.807, 2.05) is 24.3 Å². The first-order valence-corrected chi connectivity index (χ1v) is 5.91. The van der Waals surface area contributed by atoms with Gasteiger partial charge in [0.25, 0.3) is 0 Å². The van der Waals surface area contributed by atoms with E-state index in [4.69, 9.17) is 0 Å². The highest BCUT2D eigenvalue weighted by Gasteiger charge is 2.27. The number of ether oxygens (including phenoxy) is 1. The van der Waals surface area contributed by atoms with Crippen molar-refractivity contribution < 1.29 is 14.3 Å². The van der Waals surface area contributed by atoms with Crippen molar-refractivity contribution in [2.75, 3.05) is 7.11 Å². The smallest absolute Gasteiger partial charge is 0.306 e. The molecule has 17 heavy (non-hydrogen) atoms. The van der Waals surface area contributed by atoms with E-state index >= 15 is 0 Å². The van der Waals surface area contributed by atoms with Crippen LogP contribution in [0.15, 0.2) is 24.3 Å². The van der Waals surface area contributed by atoms with Crippen molar-refractivity contribution in [3.63, 3.8) is 0 Å². The van der Waals surface area contributed by atoms with Gasteiger partial charge >= 0.3 is 5.97 Å². The summed E-state index contributed by atoms with van der Waals surface area (Å²) in [6, 6.07) is 7.67. The van der Waals surface area contributed by atoms with E-state index in [2.05, 4.69) is 4.74 Å². The summed E-state index contributed by atoms with van der Waals surface area (Å²) in [6.07, 6.45) is 2.83. The van der Waals surface area contributed by atoms with Gasteiger partial charge in [-0.05, 0) is 24.8 Å². The molecule has 0 saturated carbocycles. The Morgan fingerprint density at radius 2 is 2.18 bits per heavy atom. The van der Waals surface area contributed by atoms with Crippen molar-refractivity contribution in [2.45, 2.75) is 25.7 Å². The number of carbonyl (C=O) groups is 2. The van der Waals surface area contributed by atoms with Crippen LogP contribution in [-0.2, 0) is 16.0 Å². The zero-order valence-corrected chi connectivity index (χ0v) is 9.94. The molecule has 1 aromatic rings. The molecule has 0 N–H and O–H groups in total. The lowest BCUT2D eigenvalue weighted by atomic mass is 9.92. The number of Topliss-reactive ketones (excluding diaryl/α,β-unsaturated/α-hetero) is 1. The van der Waals surface area contributed by atoms with Crippen LogP contribution < -0.4 is 0 Å². The molecule has 0 bridgehead atoms. The fourth-order valence-electron chi connectivity index (χ4n) is 2.35. The minimum atomic E-state index is -0.303. The summed E-state index contributed by atoms with van der Waals surface area (Å²) in [5, 5.41) is 0. The van der Waals surface area contributed by atoms with Crippen LogP contribution in [0.1, 0.15) is 35.2 Å². The van der Waals surface area contributed by atoms with E-state index in [0.717, 1.165) is 30.4 Å². The molecule has 0 saturated heterocycles. The molecule has 1 aliphatic rings. The third kappa shape index (κ3) is 2.54. The zero-order chi connectivity index (χ0) is 12.3. The molecule has 1 atom stereocenters. The Kier molecular flexibility index (Phi) is 3.57. The van der Waals surface area contributed by atoms with Crippen LogP contribution in [-0.4, -0.2) is 18.9 Å². The predicted molar refractivity (Wildman–Crippen MR) is 63.8 cm³/mol. The lowest BCUT2D eigenvalue weighted by Crippen LogP contribution is -2.18. The van der Waals surface area contributed by atoms with E-state index in [1.165, 1.54) is 7.11 Å². The van der Waals surface area contributed by atoms with Gasteiger partial charge in [0.05, 0.1) is 13.5 Å². The predicted octanol–water partition coefficient (Wildman–Crippen LogP) is 2.38. The minimum absolute atomic E-state index is 0.0866. The molecule has 0 radical (unpaired) electrons. The maximum atomic E-state index is 12.3. The molecule has 0 aliphatic heterocycles. The van der Waals surface area contributed by atoms with Crippen LogP contribution in [0.25, 0.3) is 0 Å². The highest BCUT2D eigenvalue weighted by molar-refractivity contribution is 6.00. The van der Waals surface area contributed by atoms with E-state index in [0.29, 0.717) is 0 Å². The average molecular weight is 232 g/mol. The number of aryl methyl sites for hydroxylation is 1. The second kappa shape index (κ2) is 5.13. The molecular weight excluding hydrogens is 216 g/mol. The first-order valence-electron chi connectivity index (χ1n) is 5.91. The molecule has 90 valence electrons. The van der Waals surface area contributed by atoms with Gasteiger partial charge in [-0.3, -0.25) is 9.59 Å². The first-order chi connectivity index (χ1) is 8.22. The van der Waals surface area contributed by atoms with E-state index in [-0.39, 0.29) is 24.1 Å². The second-order valence-electron chi connectivity index (χ2n) is 4.39. The minimum Gasteiger partial charge on any atom is -0.469 e. The number of carbonyl (C=O) groups excluding carboxylic acids is 2. The van der Waals surface area contributed by atoms with Crippen LogP contribution >= 0.6 is 0 Å². The van der Waals surface area contributed by atoms with Gasteiger partial charge in [-0.1, -0.05) is 24.3 Å². The summed E-state index contributed by atoms with van der Waals surface area (Å²) < 4.78 is 4.64. The third-order valence-corrected chi connectivity index (χ3v) is 3.29. The highest BCUT2D eigenvalue weighted by Crippen LogP contribution is 2.26. The zero-order valence-electron chi connectivity index (χ0n) is 9.94. The summed E-state index contributed by atoms with van der Waals surface area (Å²) in [6.45, 7) is 0. The highest BCUT2D eigenvalue weighted by atomic mass is 16.5. The van der Waals surface area contributed by atoms with Crippen molar-refractivity contribution in [3.05, 3.63) is 35.4 Å². The Labute approximate surface area is 101 Å². The van der Waals surface area contributed by atoms with Crippen LogP contribution in [0.2, 0.25) is 0 Å². The number of benzene rings is 1.